The van der Waals surface area contributed by atoms with Crippen molar-refractivity contribution in [3.05, 3.63) is 69.2 Å². The van der Waals surface area contributed by atoms with Gasteiger partial charge in [-0.25, -0.2) is 4.79 Å². The van der Waals surface area contributed by atoms with E-state index < -0.39 is 48.5 Å². The molecule has 0 spiro atoms. The topological polar surface area (TPSA) is 116 Å². The van der Waals surface area contributed by atoms with Crippen molar-refractivity contribution < 1.29 is 37.3 Å². The highest BCUT2D eigenvalue weighted by atomic mass is 35.5. The molecule has 3 atom stereocenters. The van der Waals surface area contributed by atoms with Gasteiger partial charge in [0.15, 0.2) is 5.82 Å². The number of carboxylic acid groups (broad SMARTS) is 1. The second-order valence-electron chi connectivity index (χ2n) is 10.7. The molecule has 1 aliphatic heterocycles. The summed E-state index contributed by atoms with van der Waals surface area (Å²) in [5.41, 5.74) is 0.602. The number of aromatic nitrogens is 3. The molecular formula is C29H29Cl2F3N4O5. The summed E-state index contributed by atoms with van der Waals surface area (Å²) < 4.78 is 55.1. The van der Waals surface area contributed by atoms with Crippen molar-refractivity contribution in [1.29, 1.82) is 0 Å². The Labute approximate surface area is 255 Å². The van der Waals surface area contributed by atoms with Gasteiger partial charge in [0.05, 0.1) is 24.2 Å². The maximum absolute atomic E-state index is 14.2. The molecule has 2 aliphatic rings. The number of carbonyl (C=O) groups is 2. The molecule has 1 fully saturated rings. The number of ether oxygens (including phenoxy) is 2. The van der Waals surface area contributed by atoms with Crippen molar-refractivity contribution >= 4 is 35.1 Å². The molecule has 2 N–H and O–H groups in total. The fourth-order valence-corrected chi connectivity index (χ4v) is 6.31. The monoisotopic (exact) mass is 640 g/mol. The number of nitrogens with zero attached hydrogens (tertiary/aromatic N) is 3. The average Bonchev–Trinajstić information content (AvgIpc) is 3.37. The van der Waals surface area contributed by atoms with Crippen LogP contribution in [0.3, 0.4) is 0 Å². The summed E-state index contributed by atoms with van der Waals surface area (Å²) in [5, 5.41) is 20.0. The summed E-state index contributed by atoms with van der Waals surface area (Å²) in [6.45, 7) is 0. The Balaban J connectivity index is 1.56. The summed E-state index contributed by atoms with van der Waals surface area (Å²) in [5.74, 6) is -3.07. The number of amides is 1. The maximum Gasteiger partial charge on any atom is 0.452 e. The zero-order valence-electron chi connectivity index (χ0n) is 23.0. The van der Waals surface area contributed by atoms with Crippen LogP contribution in [0.5, 0.6) is 5.75 Å². The lowest BCUT2D eigenvalue weighted by Crippen LogP contribution is -2.43. The van der Waals surface area contributed by atoms with Crippen molar-refractivity contribution in [1.82, 2.24) is 20.1 Å². The van der Waals surface area contributed by atoms with Crippen LogP contribution in [0.4, 0.5) is 13.2 Å². The predicted octanol–water partition coefficient (Wildman–Crippen LogP) is 6.69. The molecule has 5 rings (SSSR count). The molecule has 0 radical (unpaired) electrons. The van der Waals surface area contributed by atoms with Gasteiger partial charge in [-0.2, -0.15) is 13.2 Å². The number of alkyl halides is 3. The van der Waals surface area contributed by atoms with Crippen LogP contribution in [-0.2, 0) is 20.5 Å². The normalized spacial score (nSPS) is 19.6. The first-order valence-corrected chi connectivity index (χ1v) is 14.6. The Morgan fingerprint density at radius 2 is 1.88 bits per heavy atom. The molecule has 0 unspecified atom stereocenters. The SMILES string of the molecule is COc1cccc([C@@H]2O[C@@H](CC(=O)N[C@@H](CC3CCCCC3)C(=O)O)c3nnc(C(F)(F)F)n3-c3ccc(Cl)cc32)c1Cl. The van der Waals surface area contributed by atoms with E-state index in [0.717, 1.165) is 36.7 Å². The number of benzene rings is 2. The van der Waals surface area contributed by atoms with Crippen LogP contribution in [0.25, 0.3) is 5.69 Å². The summed E-state index contributed by atoms with van der Waals surface area (Å²) in [4.78, 5) is 25.4. The lowest BCUT2D eigenvalue weighted by Gasteiger charge is -2.26. The average molecular weight is 641 g/mol. The number of fused-ring (bicyclic) bond motifs is 3. The first kappa shape index (κ1) is 31.1. The Morgan fingerprint density at radius 3 is 2.56 bits per heavy atom. The molecule has 1 saturated carbocycles. The molecule has 14 heteroatoms. The van der Waals surface area contributed by atoms with Crippen LogP contribution in [0.15, 0.2) is 36.4 Å². The molecule has 230 valence electrons. The van der Waals surface area contributed by atoms with Gasteiger partial charge in [0.25, 0.3) is 0 Å². The van der Waals surface area contributed by atoms with Crippen LogP contribution in [-0.4, -0.2) is 44.9 Å². The van der Waals surface area contributed by atoms with Crippen LogP contribution in [0, 0.1) is 5.92 Å². The Kier molecular flexibility index (Phi) is 9.19. The Hall–Kier alpha value is -3.35. The number of aliphatic carboxylic acids is 1. The number of halogens is 5. The van der Waals surface area contributed by atoms with Crippen molar-refractivity contribution in [3.8, 4) is 11.4 Å². The predicted molar refractivity (Wildman–Crippen MR) is 150 cm³/mol. The fraction of sp³-hybridized carbons (Fsp3) is 0.448. The number of methoxy groups -OCH3 is 1. The molecule has 2 aromatic carbocycles. The molecule has 43 heavy (non-hydrogen) atoms. The van der Waals surface area contributed by atoms with E-state index in [1.165, 1.54) is 25.3 Å². The smallest absolute Gasteiger partial charge is 0.452 e. The molecule has 0 saturated heterocycles. The summed E-state index contributed by atoms with van der Waals surface area (Å²) in [7, 11) is 1.42. The van der Waals surface area contributed by atoms with Gasteiger partial charge in [-0.05, 0) is 36.6 Å². The number of carboxylic acids is 1. The van der Waals surface area contributed by atoms with Gasteiger partial charge in [0.2, 0.25) is 11.7 Å². The van der Waals surface area contributed by atoms with E-state index in [1.54, 1.807) is 18.2 Å². The quantitative estimate of drug-likeness (QED) is 0.282. The number of nitrogens with one attached hydrogen (secondary N) is 1. The minimum Gasteiger partial charge on any atom is -0.495 e. The molecule has 2 heterocycles. The zero-order chi connectivity index (χ0) is 30.9. The number of rotatable bonds is 8. The highest BCUT2D eigenvalue weighted by molar-refractivity contribution is 6.33. The second kappa shape index (κ2) is 12.7. The third-order valence-corrected chi connectivity index (χ3v) is 8.48. The van der Waals surface area contributed by atoms with E-state index in [1.807, 2.05) is 0 Å². The van der Waals surface area contributed by atoms with Crippen LogP contribution >= 0.6 is 23.2 Å². The summed E-state index contributed by atoms with van der Waals surface area (Å²) in [6.07, 6.45) is -2.86. The van der Waals surface area contributed by atoms with Gasteiger partial charge in [0, 0.05) is 16.1 Å². The van der Waals surface area contributed by atoms with E-state index in [0.29, 0.717) is 11.3 Å². The van der Waals surface area contributed by atoms with Crippen LogP contribution < -0.4 is 10.1 Å². The lowest BCUT2D eigenvalue weighted by atomic mass is 9.85. The van der Waals surface area contributed by atoms with Crippen molar-refractivity contribution in [2.75, 3.05) is 7.11 Å². The second-order valence-corrected chi connectivity index (χ2v) is 11.5. The molecule has 3 aromatic rings. The highest BCUT2D eigenvalue weighted by Gasteiger charge is 2.44. The van der Waals surface area contributed by atoms with Gasteiger partial charge in [0.1, 0.15) is 24.0 Å². The molecule has 1 aliphatic carbocycles. The molecular weight excluding hydrogens is 612 g/mol. The summed E-state index contributed by atoms with van der Waals surface area (Å²) in [6, 6.07) is 7.98. The zero-order valence-corrected chi connectivity index (χ0v) is 24.5. The maximum atomic E-state index is 14.2. The van der Waals surface area contributed by atoms with E-state index in [-0.39, 0.29) is 39.5 Å². The van der Waals surface area contributed by atoms with E-state index >= 15 is 0 Å². The van der Waals surface area contributed by atoms with Crippen molar-refractivity contribution in [2.45, 2.75) is 69.4 Å². The van der Waals surface area contributed by atoms with Crippen LogP contribution in [0.2, 0.25) is 10.0 Å². The molecule has 9 nitrogen and oxygen atoms in total. The minimum atomic E-state index is -4.91. The van der Waals surface area contributed by atoms with E-state index in [2.05, 4.69) is 15.5 Å². The van der Waals surface area contributed by atoms with Crippen molar-refractivity contribution in [2.24, 2.45) is 5.92 Å². The largest absolute Gasteiger partial charge is 0.495 e. The van der Waals surface area contributed by atoms with E-state index in [9.17, 15) is 27.9 Å². The third kappa shape index (κ3) is 6.61. The van der Waals surface area contributed by atoms with Crippen molar-refractivity contribution in [3.63, 3.8) is 0 Å². The number of hydrogen-bond donors (Lipinski definition) is 2. The first-order chi connectivity index (χ1) is 20.5. The van der Waals surface area contributed by atoms with Crippen LogP contribution in [0.1, 0.15) is 79.9 Å². The lowest BCUT2D eigenvalue weighted by molar-refractivity contribution is -0.146. The molecule has 1 aromatic heterocycles. The Bertz CT molecular complexity index is 1510. The van der Waals surface area contributed by atoms with E-state index in [4.69, 9.17) is 32.7 Å². The third-order valence-electron chi connectivity index (χ3n) is 7.84. The van der Waals surface area contributed by atoms with Gasteiger partial charge >= 0.3 is 12.1 Å². The number of hydrogen-bond acceptors (Lipinski definition) is 6. The first-order valence-electron chi connectivity index (χ1n) is 13.8. The standard InChI is InChI=1S/C29H29Cl2F3N4O5/c1-42-21-9-5-8-17(24(21)31)25-18-13-16(30)10-11-20(18)38-26(36-37-28(38)29(32,33)34)22(43-25)14-23(39)35-19(27(40)41)12-15-6-3-2-4-7-15/h5,8-11,13,15,19,22,25H,2-4,6-7,12,14H2,1H3,(H,35,39)(H,40,41)/t19-,22-,25-/m0/s1. The summed E-state index contributed by atoms with van der Waals surface area (Å²) >= 11 is 12.9. The highest BCUT2D eigenvalue weighted by Crippen LogP contribution is 2.46. The van der Waals surface area contributed by atoms with Gasteiger partial charge < -0.3 is 19.9 Å². The number of carbonyl (C=O) groups excluding carboxylic acids is 1. The molecule has 0 bridgehead atoms. The van der Waals surface area contributed by atoms with Gasteiger partial charge in [-0.3, -0.25) is 9.36 Å². The Morgan fingerprint density at radius 1 is 1.14 bits per heavy atom. The minimum absolute atomic E-state index is 0.0317. The van der Waals surface area contributed by atoms with Gasteiger partial charge in [-0.1, -0.05) is 67.4 Å². The molecule has 1 amide bonds. The van der Waals surface area contributed by atoms with Gasteiger partial charge in [-0.15, -0.1) is 10.2 Å². The fourth-order valence-electron chi connectivity index (χ4n) is 5.83.